The summed E-state index contributed by atoms with van der Waals surface area (Å²) in [6.07, 6.45) is 0. The van der Waals surface area contributed by atoms with Gasteiger partial charge in [-0.1, -0.05) is 0 Å². The predicted octanol–water partition coefficient (Wildman–Crippen LogP) is 4.60. The Morgan fingerprint density at radius 1 is 0.455 bits per heavy atom. The zero-order valence-electron chi connectivity index (χ0n) is 10.2. The van der Waals surface area contributed by atoms with Crippen molar-refractivity contribution < 1.29 is 59.0 Å². The van der Waals surface area contributed by atoms with Crippen molar-refractivity contribution in [3.05, 3.63) is 58.4 Å². The first-order valence-electron chi connectivity index (χ1n) is 5.03. The zero-order chi connectivity index (χ0) is 16.1. The third-order valence-corrected chi connectivity index (χ3v) is 2.58. The summed E-state index contributed by atoms with van der Waals surface area (Å²) in [4.78, 5) is 0. The van der Waals surface area contributed by atoms with Crippen LogP contribution in [0.4, 0.5) is 39.5 Å². The molecule has 10 heteroatoms. The van der Waals surface area contributed by atoms with Gasteiger partial charge in [-0.2, -0.15) is 0 Å². The fourth-order valence-corrected chi connectivity index (χ4v) is 1.60. The largest absolute Gasteiger partial charge is 0.204 e. The fraction of sp³-hybridized carbons (Fsp3) is 0. The molecule has 0 amide bonds. The summed E-state index contributed by atoms with van der Waals surface area (Å²) < 4.78 is 118. The van der Waals surface area contributed by atoms with Gasteiger partial charge in [-0.15, -0.1) is 0 Å². The number of rotatable bonds is 1. The third kappa shape index (κ3) is 2.60. The maximum Gasteiger partial charge on any atom is 0.200 e. The first kappa shape index (κ1) is 18.5. The number of hydrogen-bond acceptors (Lipinski definition) is 0. The molecular formula is C12HF9Zn. The molecule has 0 atom stereocenters. The van der Waals surface area contributed by atoms with Gasteiger partial charge in [0, 0.05) is 25.0 Å². The number of benzene rings is 2. The molecule has 0 saturated carbocycles. The number of halogens is 9. The van der Waals surface area contributed by atoms with Crippen molar-refractivity contribution in [1.82, 2.24) is 0 Å². The van der Waals surface area contributed by atoms with E-state index in [9.17, 15) is 39.5 Å². The molecule has 0 radical (unpaired) electrons. The van der Waals surface area contributed by atoms with Gasteiger partial charge in [-0.05, 0) is 6.07 Å². The molecule has 0 saturated heterocycles. The Morgan fingerprint density at radius 2 is 0.818 bits per heavy atom. The molecule has 0 heterocycles. The summed E-state index contributed by atoms with van der Waals surface area (Å²) in [6.45, 7) is 0. The first-order valence-corrected chi connectivity index (χ1v) is 5.03. The van der Waals surface area contributed by atoms with Crippen molar-refractivity contribution in [1.29, 1.82) is 0 Å². The van der Waals surface area contributed by atoms with Crippen LogP contribution in [0.5, 0.6) is 0 Å². The minimum Gasteiger partial charge on any atom is -0.204 e. The van der Waals surface area contributed by atoms with Gasteiger partial charge in [-0.3, -0.25) is 0 Å². The normalized spacial score (nSPS) is 10.6. The molecule has 2 aromatic rings. The molecule has 2 rings (SSSR count). The standard InChI is InChI=1S/C12HF9.Zn/c13-3-1-2(5(14)9(18)6(3)15)4-7(16)10(19)12(21)11(20)8(4)17;/h1H;. The Labute approximate surface area is 129 Å². The van der Waals surface area contributed by atoms with Crippen LogP contribution in [-0.4, -0.2) is 0 Å². The maximum atomic E-state index is 13.4. The molecule has 0 fully saturated rings. The second-order valence-corrected chi connectivity index (χ2v) is 3.79. The Morgan fingerprint density at radius 3 is 1.27 bits per heavy atom. The van der Waals surface area contributed by atoms with Crippen molar-refractivity contribution in [2.75, 3.05) is 0 Å². The molecule has 22 heavy (non-hydrogen) atoms. The van der Waals surface area contributed by atoms with Gasteiger partial charge >= 0.3 is 0 Å². The zero-order valence-corrected chi connectivity index (χ0v) is 13.2. The topological polar surface area (TPSA) is 0 Å². The van der Waals surface area contributed by atoms with Crippen LogP contribution in [0.2, 0.25) is 0 Å². The smallest absolute Gasteiger partial charge is 0.200 e. The Balaban J connectivity index is 0.00000242. The number of hydrogen-bond donors (Lipinski definition) is 0. The van der Waals surface area contributed by atoms with E-state index in [2.05, 4.69) is 0 Å². The van der Waals surface area contributed by atoms with Gasteiger partial charge < -0.3 is 0 Å². The average Bonchev–Trinajstić information content (AvgIpc) is 2.46. The van der Waals surface area contributed by atoms with E-state index in [0.29, 0.717) is 0 Å². The monoisotopic (exact) mass is 380 g/mol. The molecule has 0 nitrogen and oxygen atoms in total. The summed E-state index contributed by atoms with van der Waals surface area (Å²) in [6, 6.07) is -0.216. The van der Waals surface area contributed by atoms with Gasteiger partial charge in [0.2, 0.25) is 5.82 Å². The van der Waals surface area contributed by atoms with Crippen LogP contribution in [0.15, 0.2) is 6.07 Å². The molecule has 0 aliphatic carbocycles. The van der Waals surface area contributed by atoms with Crippen LogP contribution < -0.4 is 0 Å². The van der Waals surface area contributed by atoms with Gasteiger partial charge in [0.1, 0.15) is 0 Å². The van der Waals surface area contributed by atoms with E-state index < -0.39 is 63.5 Å². The molecule has 0 aliphatic rings. The quantitative estimate of drug-likeness (QED) is 0.293. The molecule has 114 valence electrons. The van der Waals surface area contributed by atoms with E-state index in [-0.39, 0.29) is 25.5 Å². The van der Waals surface area contributed by atoms with E-state index in [0.717, 1.165) is 0 Å². The van der Waals surface area contributed by atoms with E-state index in [1.807, 2.05) is 0 Å². The first-order chi connectivity index (χ1) is 9.68. The minimum absolute atomic E-state index is 0. The van der Waals surface area contributed by atoms with Crippen molar-refractivity contribution in [2.24, 2.45) is 0 Å². The fourth-order valence-electron chi connectivity index (χ4n) is 1.60. The van der Waals surface area contributed by atoms with E-state index in [1.165, 1.54) is 0 Å². The Bertz CT molecular complexity index is 728. The van der Waals surface area contributed by atoms with Crippen LogP contribution in [-0.2, 0) is 19.5 Å². The van der Waals surface area contributed by atoms with Crippen molar-refractivity contribution in [3.8, 4) is 11.1 Å². The van der Waals surface area contributed by atoms with Crippen molar-refractivity contribution in [2.45, 2.75) is 0 Å². The van der Waals surface area contributed by atoms with E-state index in [4.69, 9.17) is 0 Å². The van der Waals surface area contributed by atoms with Gasteiger partial charge in [0.15, 0.2) is 46.5 Å². The van der Waals surface area contributed by atoms with Gasteiger partial charge in [0.05, 0.1) is 5.56 Å². The Kier molecular flexibility index (Phi) is 5.27. The van der Waals surface area contributed by atoms with Crippen LogP contribution in [0, 0.1) is 52.4 Å². The summed E-state index contributed by atoms with van der Waals surface area (Å²) in [5.74, 6) is -21.5. The van der Waals surface area contributed by atoms with Crippen LogP contribution in [0.1, 0.15) is 0 Å². The van der Waals surface area contributed by atoms with Crippen LogP contribution in [0.25, 0.3) is 11.1 Å². The third-order valence-electron chi connectivity index (χ3n) is 2.58. The molecule has 0 spiro atoms. The van der Waals surface area contributed by atoms with Crippen molar-refractivity contribution in [3.63, 3.8) is 0 Å². The predicted molar refractivity (Wildman–Crippen MR) is 51.5 cm³/mol. The minimum atomic E-state index is -2.53. The summed E-state index contributed by atoms with van der Waals surface area (Å²) in [5, 5.41) is 0. The molecule has 0 N–H and O–H groups in total. The second-order valence-electron chi connectivity index (χ2n) is 3.79. The van der Waals surface area contributed by atoms with Crippen LogP contribution >= 0.6 is 0 Å². The Hall–Kier alpha value is -1.57. The SMILES string of the molecule is Fc1cc(-c2c(F)c(F)c(F)c(F)c2F)c(F)c(F)c1F.[Zn]. The van der Waals surface area contributed by atoms with E-state index in [1.54, 1.807) is 0 Å². The second kappa shape index (κ2) is 6.28. The molecule has 0 aromatic heterocycles. The molecule has 0 aliphatic heterocycles. The van der Waals surface area contributed by atoms with Crippen LogP contribution in [0.3, 0.4) is 0 Å². The van der Waals surface area contributed by atoms with Gasteiger partial charge in [0.25, 0.3) is 0 Å². The van der Waals surface area contributed by atoms with E-state index >= 15 is 0 Å². The molecule has 0 bridgehead atoms. The summed E-state index contributed by atoms with van der Waals surface area (Å²) >= 11 is 0. The molecule has 2 aromatic carbocycles. The summed E-state index contributed by atoms with van der Waals surface area (Å²) in [7, 11) is 0. The molecule has 0 unspecified atom stereocenters. The summed E-state index contributed by atoms with van der Waals surface area (Å²) in [5.41, 5.74) is -3.54. The van der Waals surface area contributed by atoms with Crippen molar-refractivity contribution >= 4 is 0 Å². The average molecular weight is 382 g/mol. The molecular weight excluding hydrogens is 381 g/mol. The van der Waals surface area contributed by atoms with Gasteiger partial charge in [-0.25, -0.2) is 39.5 Å². The maximum absolute atomic E-state index is 13.4.